The van der Waals surface area contributed by atoms with Crippen LogP contribution in [0.2, 0.25) is 0 Å². The van der Waals surface area contributed by atoms with Gasteiger partial charge in [-0.2, -0.15) is 0 Å². The van der Waals surface area contributed by atoms with Crippen LogP contribution in [0.5, 0.6) is 11.5 Å². The quantitative estimate of drug-likeness (QED) is 0.836. The van der Waals surface area contributed by atoms with Gasteiger partial charge in [0.2, 0.25) is 0 Å². The summed E-state index contributed by atoms with van der Waals surface area (Å²) in [6.45, 7) is 3.88. The molecule has 1 aromatic rings. The highest BCUT2D eigenvalue weighted by molar-refractivity contribution is 5.42. The minimum absolute atomic E-state index is 0.0582. The van der Waals surface area contributed by atoms with Gasteiger partial charge in [-0.15, -0.1) is 0 Å². The Morgan fingerprint density at radius 2 is 2.12 bits per heavy atom. The second-order valence-electron chi connectivity index (χ2n) is 8.31. The maximum atomic E-state index is 6.54. The zero-order valence-electron chi connectivity index (χ0n) is 15.0. The third kappa shape index (κ3) is 3.15. The first-order valence-electron chi connectivity index (χ1n) is 10.1. The predicted octanol–water partition coefficient (Wildman–Crippen LogP) is 3.57. The van der Waals surface area contributed by atoms with Gasteiger partial charge in [0.05, 0.1) is 6.10 Å². The molecule has 0 bridgehead atoms. The third-order valence-corrected chi connectivity index (χ3v) is 6.61. The monoisotopic (exact) mass is 343 g/mol. The van der Waals surface area contributed by atoms with E-state index in [2.05, 4.69) is 23.1 Å². The van der Waals surface area contributed by atoms with Gasteiger partial charge in [0.15, 0.2) is 0 Å². The lowest BCUT2D eigenvalue weighted by molar-refractivity contribution is 0.0409. The minimum atomic E-state index is 0.0582. The van der Waals surface area contributed by atoms with E-state index >= 15 is 0 Å². The highest BCUT2D eigenvalue weighted by Gasteiger charge is 2.45. The van der Waals surface area contributed by atoms with E-state index in [0.29, 0.717) is 6.61 Å². The van der Waals surface area contributed by atoms with Crippen LogP contribution >= 0.6 is 0 Å². The molecule has 3 heterocycles. The van der Waals surface area contributed by atoms with E-state index in [1.54, 1.807) is 0 Å². The maximum absolute atomic E-state index is 6.54. The summed E-state index contributed by atoms with van der Waals surface area (Å²) in [6.07, 6.45) is 10.2. The molecule has 3 fully saturated rings. The first-order valence-corrected chi connectivity index (χ1v) is 10.1. The number of likely N-dealkylation sites (tertiary alicyclic amines) is 1. The number of nitrogens with zero attached hydrogens (tertiary/aromatic N) is 1. The molecule has 1 spiro atoms. The van der Waals surface area contributed by atoms with E-state index in [1.807, 2.05) is 0 Å². The Hall–Kier alpha value is -1.26. The van der Waals surface area contributed by atoms with Crippen molar-refractivity contribution in [1.29, 1.82) is 0 Å². The number of hydrogen-bond donors (Lipinski definition) is 0. The van der Waals surface area contributed by atoms with Crippen molar-refractivity contribution in [2.24, 2.45) is 0 Å². The topological polar surface area (TPSA) is 30.9 Å². The van der Waals surface area contributed by atoms with Crippen LogP contribution in [0.15, 0.2) is 18.2 Å². The molecule has 1 saturated carbocycles. The molecular weight excluding hydrogens is 314 g/mol. The average molecular weight is 343 g/mol. The van der Waals surface area contributed by atoms with Crippen LogP contribution in [0.25, 0.3) is 0 Å². The Bertz CT molecular complexity index is 624. The van der Waals surface area contributed by atoms with E-state index in [4.69, 9.17) is 14.2 Å². The van der Waals surface area contributed by atoms with E-state index in [9.17, 15) is 0 Å². The smallest absolute Gasteiger partial charge is 0.123 e. The van der Waals surface area contributed by atoms with Gasteiger partial charge < -0.3 is 14.2 Å². The van der Waals surface area contributed by atoms with Gasteiger partial charge in [-0.25, -0.2) is 0 Å². The van der Waals surface area contributed by atoms with Crippen molar-refractivity contribution < 1.29 is 14.2 Å². The molecule has 5 rings (SSSR count). The molecule has 1 aromatic carbocycles. The summed E-state index contributed by atoms with van der Waals surface area (Å²) in [5, 5.41) is 0. The molecule has 4 aliphatic rings. The molecule has 25 heavy (non-hydrogen) atoms. The molecular formula is C21H29NO3. The highest BCUT2D eigenvalue weighted by Crippen LogP contribution is 2.42. The van der Waals surface area contributed by atoms with E-state index < -0.39 is 0 Å². The van der Waals surface area contributed by atoms with Gasteiger partial charge in [0.1, 0.15) is 23.7 Å². The van der Waals surface area contributed by atoms with E-state index in [1.165, 1.54) is 37.8 Å². The third-order valence-electron chi connectivity index (χ3n) is 6.61. The Morgan fingerprint density at radius 1 is 1.16 bits per heavy atom. The zero-order chi connectivity index (χ0) is 16.7. The summed E-state index contributed by atoms with van der Waals surface area (Å²) in [6, 6.07) is 7.19. The van der Waals surface area contributed by atoms with Crippen LogP contribution in [0.4, 0.5) is 0 Å². The summed E-state index contributed by atoms with van der Waals surface area (Å²) in [7, 11) is 0. The molecule has 4 nitrogen and oxygen atoms in total. The predicted molar refractivity (Wildman–Crippen MR) is 96.4 cm³/mol. The first-order chi connectivity index (χ1) is 12.3. The van der Waals surface area contributed by atoms with Gasteiger partial charge >= 0.3 is 0 Å². The fraction of sp³-hybridized carbons (Fsp3) is 0.714. The molecule has 4 heteroatoms. The Balaban J connectivity index is 1.23. The van der Waals surface area contributed by atoms with Gasteiger partial charge in [0, 0.05) is 32.2 Å². The lowest BCUT2D eigenvalue weighted by Crippen LogP contribution is -2.45. The van der Waals surface area contributed by atoms with Crippen LogP contribution in [0, 0.1) is 0 Å². The number of aryl methyl sites for hydroxylation is 1. The SMILES string of the molecule is c1cc2c(cc1OCC1CCCO1)CCC1(CCN(C3CCC3)C1)O2. The van der Waals surface area contributed by atoms with E-state index in [0.717, 1.165) is 56.4 Å². The molecule has 2 saturated heterocycles. The standard InChI is InChI=1S/C21H29NO3/c1-3-17(4-1)22-11-10-21(15-22)9-8-16-13-18(6-7-20(16)25-21)24-14-19-5-2-12-23-19/h6-7,13,17,19H,1-5,8-12,14-15H2. The van der Waals surface area contributed by atoms with Gasteiger partial charge in [-0.3, -0.25) is 4.90 Å². The van der Waals surface area contributed by atoms with Crippen molar-refractivity contribution in [3.05, 3.63) is 23.8 Å². The van der Waals surface area contributed by atoms with Crippen LogP contribution in [0.3, 0.4) is 0 Å². The molecule has 0 amide bonds. The summed E-state index contributed by atoms with van der Waals surface area (Å²) in [4.78, 5) is 2.67. The minimum Gasteiger partial charge on any atom is -0.491 e. The Morgan fingerprint density at radius 3 is 2.92 bits per heavy atom. The number of fused-ring (bicyclic) bond motifs is 1. The Kier molecular flexibility index (Phi) is 4.13. The van der Waals surface area contributed by atoms with Crippen molar-refractivity contribution in [2.75, 3.05) is 26.3 Å². The average Bonchev–Trinajstić information content (AvgIpc) is 3.22. The molecule has 0 N–H and O–H groups in total. The van der Waals surface area contributed by atoms with E-state index in [-0.39, 0.29) is 11.7 Å². The number of rotatable bonds is 4. The zero-order valence-corrected chi connectivity index (χ0v) is 15.0. The summed E-state index contributed by atoms with van der Waals surface area (Å²) < 4.78 is 18.1. The number of hydrogen-bond acceptors (Lipinski definition) is 4. The molecule has 0 aromatic heterocycles. The summed E-state index contributed by atoms with van der Waals surface area (Å²) in [5.74, 6) is 2.03. The first kappa shape index (κ1) is 16.0. The summed E-state index contributed by atoms with van der Waals surface area (Å²) >= 11 is 0. The van der Waals surface area contributed by atoms with Gasteiger partial charge in [-0.05, 0) is 62.3 Å². The number of benzene rings is 1. The highest BCUT2D eigenvalue weighted by atomic mass is 16.5. The van der Waals surface area contributed by atoms with Crippen LogP contribution in [-0.2, 0) is 11.2 Å². The molecule has 0 radical (unpaired) electrons. The van der Waals surface area contributed by atoms with Gasteiger partial charge in [0.25, 0.3) is 0 Å². The van der Waals surface area contributed by atoms with Crippen LogP contribution in [0.1, 0.15) is 50.5 Å². The number of ether oxygens (including phenoxy) is 3. The molecule has 2 unspecified atom stereocenters. The second kappa shape index (κ2) is 6.48. The largest absolute Gasteiger partial charge is 0.491 e. The summed E-state index contributed by atoms with van der Waals surface area (Å²) in [5.41, 5.74) is 1.36. The molecule has 136 valence electrons. The maximum Gasteiger partial charge on any atom is 0.123 e. The molecule has 1 aliphatic carbocycles. The fourth-order valence-electron chi connectivity index (χ4n) is 4.78. The van der Waals surface area contributed by atoms with Crippen LogP contribution < -0.4 is 9.47 Å². The van der Waals surface area contributed by atoms with Crippen LogP contribution in [-0.4, -0.2) is 49.0 Å². The fourth-order valence-corrected chi connectivity index (χ4v) is 4.78. The van der Waals surface area contributed by atoms with Crippen molar-refractivity contribution in [2.45, 2.75) is 69.1 Å². The van der Waals surface area contributed by atoms with Crippen molar-refractivity contribution >= 4 is 0 Å². The van der Waals surface area contributed by atoms with Crippen molar-refractivity contribution in [1.82, 2.24) is 4.90 Å². The molecule has 2 atom stereocenters. The van der Waals surface area contributed by atoms with Crippen molar-refractivity contribution in [3.63, 3.8) is 0 Å². The normalized spacial score (nSPS) is 32.4. The Labute approximate surface area is 150 Å². The second-order valence-corrected chi connectivity index (χ2v) is 8.31. The molecule has 3 aliphatic heterocycles. The van der Waals surface area contributed by atoms with Crippen molar-refractivity contribution in [3.8, 4) is 11.5 Å². The lowest BCUT2D eigenvalue weighted by Gasteiger charge is -2.39. The van der Waals surface area contributed by atoms with Gasteiger partial charge in [-0.1, -0.05) is 6.42 Å². The lowest BCUT2D eigenvalue weighted by atomic mass is 9.89.